The van der Waals surface area contributed by atoms with Crippen LogP contribution in [0, 0.1) is 163 Å². The molecule has 8 aromatic rings. The summed E-state index contributed by atoms with van der Waals surface area (Å²) in [6.45, 7) is 6.92. The topological polar surface area (TPSA) is 0 Å². The molecule has 0 nitrogen and oxygen atoms in total. The molecule has 0 fully saturated rings. The number of hydrogen-bond donors (Lipinski definition) is 0. The molecule has 8 rings (SSSR count). The fraction of sp³-hybridized carbons (Fsp3) is 0.130. The molecule has 0 amide bonds. The van der Waals surface area contributed by atoms with Gasteiger partial charge in [-0.25, -0.2) is 123 Å². The molecular weight excluding hydrogens is 1120 g/mol. The Morgan fingerprint density at radius 3 is 0.421 bits per heavy atom. The molecule has 0 atom stereocenters. The van der Waals surface area contributed by atoms with Crippen LogP contribution in [-0.4, -0.2) is 14.9 Å². The van der Waals surface area contributed by atoms with Crippen LogP contribution in [0.2, 0.25) is 18.1 Å². The molecular formula is C46H15BF28Si-. The minimum Gasteiger partial charge on any atom is -0.207 e. The normalized spacial score (nSPS) is 12.2. The van der Waals surface area contributed by atoms with E-state index in [1.54, 1.807) is 0 Å². The van der Waals surface area contributed by atoms with Crippen LogP contribution in [0.5, 0.6) is 0 Å². The lowest BCUT2D eigenvalue weighted by atomic mass is 9.11. The molecule has 0 unspecified atom stereocenters. The molecule has 0 saturated carbocycles. The largest absolute Gasteiger partial charge is 0.207 e. The molecule has 0 aliphatic carbocycles. The van der Waals surface area contributed by atoms with Gasteiger partial charge in [-0.1, -0.05) is 38.9 Å². The molecule has 0 spiro atoms. The highest BCUT2D eigenvalue weighted by Crippen LogP contribution is 2.42. The maximum atomic E-state index is 17.3. The van der Waals surface area contributed by atoms with E-state index >= 15 is 105 Å². The monoisotopic (exact) mass is 1140 g/mol. The highest BCUT2D eigenvalue weighted by molar-refractivity contribution is 7.23. The molecule has 0 aliphatic heterocycles. The molecule has 76 heavy (non-hydrogen) atoms. The van der Waals surface area contributed by atoms with E-state index in [1.807, 2.05) is 0 Å². The average Bonchev–Trinajstić information content (AvgIpc) is 3.39. The fourth-order valence-corrected chi connectivity index (χ4v) is 10.8. The van der Waals surface area contributed by atoms with Crippen LogP contribution in [0.1, 0.15) is 20.8 Å². The standard InChI is InChI=1S/C40BF28.C6H15Si/c42-13-1-5(21(50)37(66)33(13)62)17(46)29(58)25(54)9(1)41(10-2-6(18(47)30(59)26(10)55)22(51)38(67)34(63)14(2)43,11-3-7(19(48)31(60)27(11)56)23(52)39(68)35(64)15(3)44)12-4-8(20(49)32(61)28(12)57)24(53)40(69)36(65)16(4)45;1-4-7(5-2)6-3/h;4-6H2,1-3H3/q-1;. The third-order valence-electron chi connectivity index (χ3n) is 12.7. The predicted molar refractivity (Wildman–Crippen MR) is 216 cm³/mol. The Balaban J connectivity index is 0.00000112. The Morgan fingerprint density at radius 1 is 0.184 bits per heavy atom. The van der Waals surface area contributed by atoms with Crippen molar-refractivity contribution in [3.05, 3.63) is 163 Å². The van der Waals surface area contributed by atoms with Gasteiger partial charge in [-0.2, -0.15) is 0 Å². The Bertz CT molecular complexity index is 3360. The quantitative estimate of drug-likeness (QED) is 0.0646. The van der Waals surface area contributed by atoms with E-state index < -0.39 is 234 Å². The SMILES string of the molecule is CC[Si](CC)CC.Fc1c(F)c(F)c2c([B-](c3c(F)c(F)c(F)c4c(F)c(F)c(F)c(F)c34)(c3c(F)c(F)c(F)c4c(F)c(F)c(F)c(F)c34)c3c(F)c(F)c(F)c4c(F)c(F)c(F)c(F)c34)c(F)c(F)c(F)c2c1F. The third-order valence-corrected chi connectivity index (χ3v) is 15.7. The van der Waals surface area contributed by atoms with Crippen LogP contribution in [0.3, 0.4) is 0 Å². The molecule has 0 bridgehead atoms. The second kappa shape index (κ2) is 19.6. The van der Waals surface area contributed by atoms with Crippen molar-refractivity contribution >= 4 is 79.9 Å². The minimum absolute atomic E-state index is 0.137. The van der Waals surface area contributed by atoms with Gasteiger partial charge in [-0.05, 0) is 21.5 Å². The first-order valence-corrected chi connectivity index (χ1v) is 22.7. The van der Waals surface area contributed by atoms with Gasteiger partial charge in [0.25, 0.3) is 0 Å². The number of rotatable bonds is 7. The lowest BCUT2D eigenvalue weighted by Gasteiger charge is -2.47. The molecule has 403 valence electrons. The summed E-state index contributed by atoms with van der Waals surface area (Å²) in [6, 6.07) is 4.37. The molecule has 0 aromatic heterocycles. The Hall–Kier alpha value is -6.88. The molecule has 30 heteroatoms. The van der Waals surface area contributed by atoms with Crippen LogP contribution in [0.15, 0.2) is 0 Å². The van der Waals surface area contributed by atoms with Gasteiger partial charge in [0.1, 0.15) is 29.4 Å². The summed E-state index contributed by atoms with van der Waals surface area (Å²) >= 11 is 0. The zero-order valence-electron chi connectivity index (χ0n) is 36.8. The number of benzene rings is 8. The molecule has 0 heterocycles. The second-order valence-corrected chi connectivity index (χ2v) is 19.7. The molecule has 0 saturated heterocycles. The van der Waals surface area contributed by atoms with Gasteiger partial charge in [0.2, 0.25) is 0 Å². The summed E-state index contributed by atoms with van der Waals surface area (Å²) in [5.41, 5.74) is -15.5. The van der Waals surface area contributed by atoms with Gasteiger partial charge in [0, 0.05) is 8.80 Å². The van der Waals surface area contributed by atoms with Gasteiger partial charge < -0.3 is 0 Å². The van der Waals surface area contributed by atoms with E-state index in [0.29, 0.717) is 0 Å². The van der Waals surface area contributed by atoms with E-state index in [9.17, 15) is 17.6 Å². The Labute approximate surface area is 404 Å². The number of halogens is 28. The summed E-state index contributed by atoms with van der Waals surface area (Å²) in [6.07, 6.45) is -8.05. The lowest BCUT2D eigenvalue weighted by Crippen LogP contribution is -2.79. The van der Waals surface area contributed by atoms with Gasteiger partial charge in [0.15, 0.2) is 140 Å². The van der Waals surface area contributed by atoms with Crippen LogP contribution in [0.4, 0.5) is 123 Å². The minimum atomic E-state index is -8.05. The first-order chi connectivity index (χ1) is 35.3. The maximum Gasteiger partial charge on any atom is 0.198 e. The molecule has 0 N–H and O–H groups in total. The van der Waals surface area contributed by atoms with E-state index in [1.165, 1.54) is 18.1 Å². The van der Waals surface area contributed by atoms with Crippen molar-refractivity contribution in [2.45, 2.75) is 38.9 Å². The summed E-state index contributed by atoms with van der Waals surface area (Å²) in [5.74, 6) is -104. The van der Waals surface area contributed by atoms with Crippen LogP contribution < -0.4 is 21.9 Å². The van der Waals surface area contributed by atoms with Crippen LogP contribution in [0.25, 0.3) is 43.1 Å². The fourth-order valence-electron chi connectivity index (χ4n) is 9.34. The van der Waals surface area contributed by atoms with E-state index in [4.69, 9.17) is 0 Å². The molecule has 8 aromatic carbocycles. The zero-order valence-corrected chi connectivity index (χ0v) is 37.8. The third kappa shape index (κ3) is 7.40. The van der Waals surface area contributed by atoms with Crippen molar-refractivity contribution in [1.29, 1.82) is 0 Å². The van der Waals surface area contributed by atoms with Crippen LogP contribution in [-0.2, 0) is 0 Å². The van der Waals surface area contributed by atoms with Gasteiger partial charge in [0.05, 0.1) is 21.5 Å². The van der Waals surface area contributed by atoms with Gasteiger partial charge in [-0.15, -0.1) is 21.9 Å². The van der Waals surface area contributed by atoms with E-state index in [0.717, 1.165) is 0 Å². The zero-order chi connectivity index (χ0) is 57.3. The van der Waals surface area contributed by atoms with E-state index in [2.05, 4.69) is 20.8 Å². The molecule has 1 radical (unpaired) electrons. The first-order valence-electron chi connectivity index (χ1n) is 20.6. The lowest BCUT2D eigenvalue weighted by molar-refractivity contribution is 0.410. The Kier molecular flexibility index (Phi) is 14.7. The van der Waals surface area contributed by atoms with Crippen molar-refractivity contribution in [3.63, 3.8) is 0 Å². The first kappa shape index (κ1) is 56.8. The van der Waals surface area contributed by atoms with E-state index in [-0.39, 0.29) is 8.80 Å². The highest BCUT2D eigenvalue weighted by Gasteiger charge is 2.52. The average molecular weight is 1140 g/mol. The van der Waals surface area contributed by atoms with Gasteiger partial charge in [-0.3, -0.25) is 0 Å². The highest BCUT2D eigenvalue weighted by atomic mass is 28.3. The van der Waals surface area contributed by atoms with Crippen molar-refractivity contribution in [3.8, 4) is 0 Å². The van der Waals surface area contributed by atoms with Crippen molar-refractivity contribution in [1.82, 2.24) is 0 Å². The van der Waals surface area contributed by atoms with Gasteiger partial charge >= 0.3 is 0 Å². The van der Waals surface area contributed by atoms with Crippen molar-refractivity contribution in [2.24, 2.45) is 0 Å². The Morgan fingerprint density at radius 2 is 0.303 bits per heavy atom. The molecule has 0 aliphatic rings. The number of hydrogen-bond acceptors (Lipinski definition) is 0. The van der Waals surface area contributed by atoms with Crippen LogP contribution >= 0.6 is 0 Å². The second-order valence-electron chi connectivity index (χ2n) is 16.1. The summed E-state index contributed by atoms with van der Waals surface area (Å²) < 4.78 is 446. The number of fused-ring (bicyclic) bond motifs is 4. The summed E-state index contributed by atoms with van der Waals surface area (Å²) in [7, 11) is 0.137. The summed E-state index contributed by atoms with van der Waals surface area (Å²) in [5, 5.41) is -27.0. The van der Waals surface area contributed by atoms with Crippen molar-refractivity contribution in [2.75, 3.05) is 0 Å². The predicted octanol–water partition coefficient (Wildman–Crippen LogP) is 14.1. The smallest absolute Gasteiger partial charge is 0.198 e. The van der Waals surface area contributed by atoms with Crippen molar-refractivity contribution < 1.29 is 123 Å². The summed E-state index contributed by atoms with van der Waals surface area (Å²) in [4.78, 5) is 0. The maximum absolute atomic E-state index is 17.3.